The zero-order valence-corrected chi connectivity index (χ0v) is 18.6. The van der Waals surface area contributed by atoms with Gasteiger partial charge in [-0.3, -0.25) is 0 Å². The van der Waals surface area contributed by atoms with Crippen molar-refractivity contribution in [2.45, 2.75) is 44.7 Å². The molecule has 0 bridgehead atoms. The number of halogens is 1. The average molecular weight is 420 g/mol. The molecule has 0 spiro atoms. The molecule has 0 saturated carbocycles. The van der Waals surface area contributed by atoms with Crippen molar-refractivity contribution in [1.82, 2.24) is 0 Å². The van der Waals surface area contributed by atoms with Gasteiger partial charge in [-0.1, -0.05) is 54.6 Å². The number of ether oxygens (including phenoxy) is 1. The number of nitrogens with zero attached hydrogens (tertiary/aromatic N) is 1. The van der Waals surface area contributed by atoms with Crippen molar-refractivity contribution < 1.29 is 9.13 Å². The van der Waals surface area contributed by atoms with Crippen LogP contribution in [0.15, 0.2) is 96.0 Å². The van der Waals surface area contributed by atoms with Crippen LogP contribution in [0, 0.1) is 0 Å². The normalized spacial score (nSPS) is 19.5. The Morgan fingerprint density at radius 1 is 0.833 bits per heavy atom. The van der Waals surface area contributed by atoms with Crippen LogP contribution in [0.25, 0.3) is 0 Å². The van der Waals surface area contributed by atoms with Gasteiger partial charge in [-0.25, -0.2) is 4.99 Å². The van der Waals surface area contributed by atoms with E-state index in [2.05, 4.69) is 0 Å². The van der Waals surface area contributed by atoms with E-state index in [1.807, 2.05) is 112 Å². The molecule has 4 heteroatoms. The van der Waals surface area contributed by atoms with Gasteiger partial charge in [-0.15, -0.1) is 0 Å². The summed E-state index contributed by atoms with van der Waals surface area (Å²) < 4.78 is 23.0. The number of hydrogen-bond acceptors (Lipinski definition) is 2. The summed E-state index contributed by atoms with van der Waals surface area (Å²) in [6.07, 6.45) is 0.700. The van der Waals surface area contributed by atoms with E-state index in [1.54, 1.807) is 0 Å². The minimum Gasteiger partial charge on any atom is -0.473 e. The molecule has 30 heavy (non-hydrogen) atoms. The van der Waals surface area contributed by atoms with Crippen LogP contribution in [0.3, 0.4) is 0 Å². The third-order valence-electron chi connectivity index (χ3n) is 5.56. The van der Waals surface area contributed by atoms with Crippen LogP contribution < -0.4 is 15.9 Å². The minimum absolute atomic E-state index is 0.0741. The highest BCUT2D eigenvalue weighted by atomic mass is 31.2. The molecule has 2 nitrogen and oxygen atoms in total. The van der Waals surface area contributed by atoms with Crippen molar-refractivity contribution in [3.63, 3.8) is 0 Å². The summed E-state index contributed by atoms with van der Waals surface area (Å²) in [5, 5.41) is 2.95. The lowest BCUT2D eigenvalue weighted by atomic mass is 9.97. The van der Waals surface area contributed by atoms with E-state index in [1.165, 1.54) is 0 Å². The van der Waals surface area contributed by atoms with Gasteiger partial charge in [0.2, 0.25) is 0 Å². The molecule has 4 rings (SSSR count). The number of rotatable bonds is 5. The maximum Gasteiger partial charge on any atom is 0.292 e. The fourth-order valence-electron chi connectivity index (χ4n) is 4.43. The molecule has 1 aliphatic rings. The first-order valence-electron chi connectivity index (χ1n) is 10.4. The predicted octanol–water partition coefficient (Wildman–Crippen LogP) is 5.26. The van der Waals surface area contributed by atoms with Gasteiger partial charge in [0, 0.05) is 6.42 Å². The molecule has 3 aromatic carbocycles. The summed E-state index contributed by atoms with van der Waals surface area (Å²) in [5.74, 6) is -1.14. The van der Waals surface area contributed by atoms with Crippen LogP contribution in [-0.4, -0.2) is 23.5 Å². The second-order valence-corrected chi connectivity index (χ2v) is 11.9. The molecule has 2 atom stereocenters. The summed E-state index contributed by atoms with van der Waals surface area (Å²) in [6, 6.07) is 30.1. The maximum absolute atomic E-state index is 17.0. The fraction of sp³-hybridized carbons (Fsp3) is 0.269. The van der Waals surface area contributed by atoms with Gasteiger partial charge in [0.1, 0.15) is 15.9 Å². The number of benzene rings is 3. The van der Waals surface area contributed by atoms with Gasteiger partial charge in [-0.2, -0.15) is 4.39 Å². The lowest BCUT2D eigenvalue weighted by molar-refractivity contribution is 0.133. The van der Waals surface area contributed by atoms with Gasteiger partial charge in [-0.05, 0) is 57.2 Å². The summed E-state index contributed by atoms with van der Waals surface area (Å²) in [7, 11) is -2.72. The highest BCUT2D eigenvalue weighted by molar-refractivity contribution is 7.96. The van der Waals surface area contributed by atoms with Gasteiger partial charge < -0.3 is 4.74 Å². The molecule has 0 saturated heterocycles. The Kier molecular flexibility index (Phi) is 5.75. The van der Waals surface area contributed by atoms with E-state index >= 15 is 4.39 Å². The Hall–Kier alpha value is -2.51. The van der Waals surface area contributed by atoms with E-state index in [0.717, 1.165) is 22.3 Å². The molecule has 3 aromatic rings. The minimum atomic E-state index is -2.72. The van der Waals surface area contributed by atoms with E-state index < -0.39 is 13.2 Å². The lowest BCUT2D eigenvalue weighted by Crippen LogP contribution is -2.45. The average Bonchev–Trinajstić information content (AvgIpc) is 2.75. The van der Waals surface area contributed by atoms with E-state index in [0.29, 0.717) is 0 Å². The van der Waals surface area contributed by atoms with Gasteiger partial charge in [0.25, 0.3) is 11.8 Å². The molecule has 0 aliphatic carbocycles. The summed E-state index contributed by atoms with van der Waals surface area (Å²) >= 11 is 0. The quantitative estimate of drug-likeness (QED) is 0.516. The first kappa shape index (κ1) is 20.8. The Morgan fingerprint density at radius 2 is 1.23 bits per heavy atom. The first-order chi connectivity index (χ1) is 14.4. The van der Waals surface area contributed by atoms with Gasteiger partial charge in [0.15, 0.2) is 7.26 Å². The first-order valence-corrected chi connectivity index (χ1v) is 12.3. The van der Waals surface area contributed by atoms with Crippen molar-refractivity contribution in [2.24, 2.45) is 4.99 Å². The third-order valence-corrected chi connectivity index (χ3v) is 9.79. The molecule has 1 unspecified atom stereocenters. The largest absolute Gasteiger partial charge is 0.473 e. The Bertz CT molecular complexity index is 908. The van der Waals surface area contributed by atoms with Crippen molar-refractivity contribution in [3.05, 3.63) is 91.0 Å². The molecular formula is C26H28FNOP+. The van der Waals surface area contributed by atoms with Crippen LogP contribution in [0.2, 0.25) is 0 Å². The van der Waals surface area contributed by atoms with E-state index in [-0.39, 0.29) is 17.5 Å². The second kappa shape index (κ2) is 8.32. The van der Waals surface area contributed by atoms with Crippen molar-refractivity contribution in [3.8, 4) is 0 Å². The molecule has 0 N–H and O–H groups in total. The SMILES string of the molecule is CC1CC(C)(C)N=C([C@@H](F)[P+](c2ccccc2)(c2ccccc2)c2ccccc2)O1. The molecule has 154 valence electrons. The Balaban J connectivity index is 2.02. The van der Waals surface area contributed by atoms with Gasteiger partial charge >= 0.3 is 0 Å². The smallest absolute Gasteiger partial charge is 0.292 e. The zero-order chi connectivity index (χ0) is 21.2. The fourth-order valence-corrected chi connectivity index (χ4v) is 8.48. The summed E-state index contributed by atoms with van der Waals surface area (Å²) in [5.41, 5.74) is -0.350. The third kappa shape index (κ3) is 3.79. The molecule has 0 fully saturated rings. The highest BCUT2D eigenvalue weighted by Gasteiger charge is 2.57. The second-order valence-electron chi connectivity index (χ2n) is 8.46. The zero-order valence-electron chi connectivity index (χ0n) is 17.7. The maximum atomic E-state index is 17.0. The predicted molar refractivity (Wildman–Crippen MR) is 127 cm³/mol. The van der Waals surface area contributed by atoms with Crippen LogP contribution >= 0.6 is 7.26 Å². The highest BCUT2D eigenvalue weighted by Crippen LogP contribution is 2.61. The molecule has 1 aliphatic heterocycles. The van der Waals surface area contributed by atoms with Crippen LogP contribution in [0.1, 0.15) is 27.2 Å². The number of alkyl halides is 1. The van der Waals surface area contributed by atoms with Crippen molar-refractivity contribution in [1.29, 1.82) is 0 Å². The van der Waals surface area contributed by atoms with E-state index in [9.17, 15) is 0 Å². The standard InChI is InChI=1S/C26H28FNOP/c1-20-19-26(2,3)28-25(29-20)24(27)30(21-13-7-4-8-14-21,22-15-9-5-10-16-22)23-17-11-6-12-18-23/h4-18,20,24H,19H2,1-3H3/q+1/t20?,24-/m0/s1. The topological polar surface area (TPSA) is 21.6 Å². The van der Waals surface area contributed by atoms with Crippen molar-refractivity contribution in [2.75, 3.05) is 0 Å². The number of hydrogen-bond donors (Lipinski definition) is 0. The molecular weight excluding hydrogens is 392 g/mol. The summed E-state index contributed by atoms with van der Waals surface area (Å²) in [4.78, 5) is 4.75. The van der Waals surface area contributed by atoms with Crippen molar-refractivity contribution >= 4 is 29.1 Å². The molecule has 0 amide bonds. The van der Waals surface area contributed by atoms with Crippen LogP contribution in [0.4, 0.5) is 4.39 Å². The number of aliphatic imine (C=N–C) groups is 1. The molecule has 0 radical (unpaired) electrons. The molecule has 1 heterocycles. The van der Waals surface area contributed by atoms with Gasteiger partial charge in [0.05, 0.1) is 11.6 Å². The Morgan fingerprint density at radius 3 is 1.60 bits per heavy atom. The monoisotopic (exact) mass is 420 g/mol. The van der Waals surface area contributed by atoms with Crippen LogP contribution in [-0.2, 0) is 4.74 Å². The Labute approximate surface area is 179 Å². The van der Waals surface area contributed by atoms with E-state index in [4.69, 9.17) is 9.73 Å². The van der Waals surface area contributed by atoms with Crippen LogP contribution in [0.5, 0.6) is 0 Å². The summed E-state index contributed by atoms with van der Waals surface area (Å²) in [6.45, 7) is 6.09. The lowest BCUT2D eigenvalue weighted by Gasteiger charge is -2.36. The molecule has 0 aromatic heterocycles.